The second-order valence-corrected chi connectivity index (χ2v) is 5.21. The smallest absolute Gasteiger partial charge is 0.265 e. The Balaban J connectivity index is 1.92. The molecule has 2 rings (SSSR count). The first-order valence-electron chi connectivity index (χ1n) is 8.01. The lowest BCUT2D eigenvalue weighted by atomic mass is 10.2. The summed E-state index contributed by atoms with van der Waals surface area (Å²) in [6.45, 7) is -0.253. The van der Waals surface area contributed by atoms with Crippen LogP contribution in [0.1, 0.15) is 5.56 Å². The molecule has 0 unspecified atom stereocenters. The van der Waals surface area contributed by atoms with Gasteiger partial charge in [-0.1, -0.05) is 11.2 Å². The molecule has 0 atom stereocenters. The molecule has 27 heavy (non-hydrogen) atoms. The number of nitrogens with zero attached hydrogens (tertiary/aromatic N) is 1. The first-order chi connectivity index (χ1) is 13.1. The Morgan fingerprint density at radius 2 is 1.70 bits per heavy atom. The van der Waals surface area contributed by atoms with Crippen LogP contribution in [0.5, 0.6) is 23.0 Å². The van der Waals surface area contributed by atoms with Crippen molar-refractivity contribution in [2.45, 2.75) is 0 Å². The lowest BCUT2D eigenvalue weighted by molar-refractivity contribution is -0.120. The standard InChI is InChI=1S/C19H22N2O6/c1-23-15-9-8-14(10-17(15)25-3)21-18(22)12-27-20-11-13-6-5-7-16(24-2)19(13)26-4/h5-11H,12H2,1-4H3,(H,21,22)/b20-11-. The third-order valence-electron chi connectivity index (χ3n) is 3.56. The highest BCUT2D eigenvalue weighted by molar-refractivity contribution is 5.92. The van der Waals surface area contributed by atoms with E-state index in [1.165, 1.54) is 20.4 Å². The third-order valence-corrected chi connectivity index (χ3v) is 3.56. The molecule has 8 heteroatoms. The molecule has 2 aromatic rings. The number of anilines is 1. The lowest BCUT2D eigenvalue weighted by Crippen LogP contribution is -2.17. The van der Waals surface area contributed by atoms with Gasteiger partial charge in [0, 0.05) is 17.3 Å². The number of carbonyl (C=O) groups is 1. The summed E-state index contributed by atoms with van der Waals surface area (Å²) in [7, 11) is 6.15. The Hall–Kier alpha value is -3.42. The summed E-state index contributed by atoms with van der Waals surface area (Å²) in [4.78, 5) is 17.0. The van der Waals surface area contributed by atoms with Gasteiger partial charge in [0.1, 0.15) is 0 Å². The van der Waals surface area contributed by atoms with E-state index >= 15 is 0 Å². The molecule has 0 saturated heterocycles. The maximum atomic E-state index is 12.0. The number of hydrogen-bond acceptors (Lipinski definition) is 7. The minimum absolute atomic E-state index is 0.253. The highest BCUT2D eigenvalue weighted by Gasteiger charge is 2.09. The Morgan fingerprint density at radius 3 is 2.37 bits per heavy atom. The Morgan fingerprint density at radius 1 is 0.963 bits per heavy atom. The maximum Gasteiger partial charge on any atom is 0.265 e. The number of carbonyl (C=O) groups excluding carboxylic acids is 1. The van der Waals surface area contributed by atoms with Crippen molar-refractivity contribution >= 4 is 17.8 Å². The molecule has 0 spiro atoms. The molecule has 0 radical (unpaired) electrons. The zero-order valence-corrected chi connectivity index (χ0v) is 15.6. The highest BCUT2D eigenvalue weighted by Crippen LogP contribution is 2.30. The topological polar surface area (TPSA) is 87.6 Å². The van der Waals surface area contributed by atoms with Crippen LogP contribution in [0, 0.1) is 0 Å². The first kappa shape index (κ1) is 19.9. The van der Waals surface area contributed by atoms with Crippen LogP contribution in [-0.4, -0.2) is 47.2 Å². The van der Waals surface area contributed by atoms with Crippen molar-refractivity contribution in [3.05, 3.63) is 42.0 Å². The van der Waals surface area contributed by atoms with Crippen molar-refractivity contribution in [2.75, 3.05) is 40.4 Å². The predicted octanol–water partition coefficient (Wildman–Crippen LogP) is 2.71. The van der Waals surface area contributed by atoms with Gasteiger partial charge < -0.3 is 29.1 Å². The SMILES string of the molecule is COc1ccc(NC(=O)CO/N=C\c2cccc(OC)c2OC)cc1OC. The normalized spacial score (nSPS) is 10.4. The van der Waals surface area contributed by atoms with Gasteiger partial charge in [-0.15, -0.1) is 0 Å². The number of ether oxygens (including phenoxy) is 4. The Kier molecular flexibility index (Phi) is 7.30. The number of amides is 1. The second-order valence-electron chi connectivity index (χ2n) is 5.21. The molecule has 0 heterocycles. The van der Waals surface area contributed by atoms with E-state index in [0.29, 0.717) is 34.2 Å². The Bertz CT molecular complexity index is 807. The number of oxime groups is 1. The zero-order valence-electron chi connectivity index (χ0n) is 15.6. The van der Waals surface area contributed by atoms with Crippen LogP contribution < -0.4 is 24.3 Å². The molecular formula is C19H22N2O6. The minimum atomic E-state index is -0.364. The number of nitrogens with one attached hydrogen (secondary N) is 1. The van der Waals surface area contributed by atoms with E-state index in [1.54, 1.807) is 50.6 Å². The van der Waals surface area contributed by atoms with Crippen LogP contribution in [0.3, 0.4) is 0 Å². The summed E-state index contributed by atoms with van der Waals surface area (Å²) < 4.78 is 20.9. The van der Waals surface area contributed by atoms with Crippen LogP contribution in [0.25, 0.3) is 0 Å². The fraction of sp³-hybridized carbons (Fsp3) is 0.263. The van der Waals surface area contributed by atoms with Crippen molar-refractivity contribution in [1.29, 1.82) is 0 Å². The Labute approximate surface area is 157 Å². The van der Waals surface area contributed by atoms with Crippen LogP contribution in [0.2, 0.25) is 0 Å². The molecular weight excluding hydrogens is 352 g/mol. The van der Waals surface area contributed by atoms with Gasteiger partial charge in [-0.05, 0) is 24.3 Å². The summed E-state index contributed by atoms with van der Waals surface area (Å²) in [5, 5.41) is 6.49. The van der Waals surface area contributed by atoms with Crippen molar-refractivity contribution in [3.63, 3.8) is 0 Å². The van der Waals surface area contributed by atoms with Crippen LogP contribution in [-0.2, 0) is 9.63 Å². The van der Waals surface area contributed by atoms with E-state index in [2.05, 4.69) is 10.5 Å². The largest absolute Gasteiger partial charge is 0.493 e. The number of benzene rings is 2. The summed E-state index contributed by atoms with van der Waals surface area (Å²) >= 11 is 0. The third kappa shape index (κ3) is 5.27. The molecule has 2 aromatic carbocycles. The molecule has 0 fully saturated rings. The van der Waals surface area contributed by atoms with Crippen molar-refractivity contribution in [1.82, 2.24) is 0 Å². The fourth-order valence-corrected chi connectivity index (χ4v) is 2.31. The zero-order chi connectivity index (χ0) is 19.6. The molecule has 0 aliphatic carbocycles. The minimum Gasteiger partial charge on any atom is -0.493 e. The van der Waals surface area contributed by atoms with Gasteiger partial charge in [-0.25, -0.2) is 0 Å². The summed E-state index contributed by atoms with van der Waals surface area (Å²) in [6, 6.07) is 10.4. The summed E-state index contributed by atoms with van der Waals surface area (Å²) in [5.74, 6) is 1.83. The average Bonchev–Trinajstić information content (AvgIpc) is 2.70. The number of hydrogen-bond donors (Lipinski definition) is 1. The monoisotopic (exact) mass is 374 g/mol. The van der Waals surface area contributed by atoms with Crippen molar-refractivity contribution < 1.29 is 28.6 Å². The van der Waals surface area contributed by atoms with Gasteiger partial charge in [0.25, 0.3) is 5.91 Å². The molecule has 0 bridgehead atoms. The summed E-state index contributed by atoms with van der Waals surface area (Å²) in [6.07, 6.45) is 1.45. The van der Waals surface area contributed by atoms with Crippen molar-refractivity contribution in [2.24, 2.45) is 5.16 Å². The lowest BCUT2D eigenvalue weighted by Gasteiger charge is -2.10. The molecule has 1 N–H and O–H groups in total. The molecule has 8 nitrogen and oxygen atoms in total. The number of rotatable bonds is 9. The van der Waals surface area contributed by atoms with Gasteiger partial charge in [0.2, 0.25) is 0 Å². The number of para-hydroxylation sites is 1. The first-order valence-corrected chi connectivity index (χ1v) is 8.01. The van der Waals surface area contributed by atoms with E-state index in [0.717, 1.165) is 0 Å². The summed E-state index contributed by atoms with van der Waals surface area (Å²) in [5.41, 5.74) is 1.22. The van der Waals surface area contributed by atoms with Crippen molar-refractivity contribution in [3.8, 4) is 23.0 Å². The molecule has 0 aliphatic rings. The van der Waals surface area contributed by atoms with E-state index in [4.69, 9.17) is 23.8 Å². The van der Waals surface area contributed by atoms with Gasteiger partial charge >= 0.3 is 0 Å². The van der Waals surface area contributed by atoms with Crippen LogP contribution >= 0.6 is 0 Å². The number of methoxy groups -OCH3 is 4. The van der Waals surface area contributed by atoms with E-state index in [-0.39, 0.29) is 12.5 Å². The van der Waals surface area contributed by atoms with E-state index < -0.39 is 0 Å². The molecule has 144 valence electrons. The molecule has 0 aliphatic heterocycles. The molecule has 0 saturated carbocycles. The van der Waals surface area contributed by atoms with E-state index in [9.17, 15) is 4.79 Å². The van der Waals surface area contributed by atoms with Crippen LogP contribution in [0.15, 0.2) is 41.6 Å². The van der Waals surface area contributed by atoms with Gasteiger partial charge in [0.05, 0.1) is 34.7 Å². The fourth-order valence-electron chi connectivity index (χ4n) is 2.31. The van der Waals surface area contributed by atoms with E-state index in [1.807, 2.05) is 0 Å². The quantitative estimate of drug-likeness (QED) is 0.536. The van der Waals surface area contributed by atoms with Gasteiger partial charge in [0.15, 0.2) is 29.6 Å². The predicted molar refractivity (Wildman–Crippen MR) is 101 cm³/mol. The molecule has 0 aromatic heterocycles. The van der Waals surface area contributed by atoms with Crippen LogP contribution in [0.4, 0.5) is 5.69 Å². The average molecular weight is 374 g/mol. The highest BCUT2D eigenvalue weighted by atomic mass is 16.6. The van der Waals surface area contributed by atoms with Gasteiger partial charge in [-0.2, -0.15) is 0 Å². The van der Waals surface area contributed by atoms with Gasteiger partial charge in [-0.3, -0.25) is 4.79 Å². The molecule has 1 amide bonds. The second kappa shape index (κ2) is 9.91. The maximum absolute atomic E-state index is 12.0.